The number of hydrogen-bond acceptors (Lipinski definition) is 7. The van der Waals surface area contributed by atoms with Gasteiger partial charge in [0.15, 0.2) is 0 Å². The second-order valence-electron chi connectivity index (χ2n) is 7.91. The highest BCUT2D eigenvalue weighted by Gasteiger charge is 2.21. The van der Waals surface area contributed by atoms with E-state index < -0.39 is 0 Å². The molecule has 1 aliphatic heterocycles. The van der Waals surface area contributed by atoms with E-state index in [0.29, 0.717) is 28.2 Å². The SMILES string of the molecule is COc1ncc(Nc2ncc3c(n2)-c2ccc(Cl)cc2NC(=O)C3)cc1CCCN(C)C. The summed E-state index contributed by atoms with van der Waals surface area (Å²) in [6, 6.07) is 7.38. The maximum atomic E-state index is 12.3. The summed E-state index contributed by atoms with van der Waals surface area (Å²) in [6.07, 6.45) is 5.41. The number of hydrogen-bond donors (Lipinski definition) is 2. The smallest absolute Gasteiger partial charge is 0.228 e. The number of fused-ring (bicyclic) bond motifs is 3. The van der Waals surface area contributed by atoms with E-state index in [9.17, 15) is 4.79 Å². The summed E-state index contributed by atoms with van der Waals surface area (Å²) in [7, 11) is 5.73. The molecule has 0 unspecified atom stereocenters. The van der Waals surface area contributed by atoms with Crippen LogP contribution in [0.1, 0.15) is 17.5 Å². The van der Waals surface area contributed by atoms with E-state index in [0.717, 1.165) is 41.8 Å². The lowest BCUT2D eigenvalue weighted by atomic mass is 10.1. The highest BCUT2D eigenvalue weighted by Crippen LogP contribution is 2.35. The fourth-order valence-electron chi connectivity index (χ4n) is 3.67. The van der Waals surface area contributed by atoms with E-state index in [1.807, 2.05) is 12.1 Å². The molecule has 9 heteroatoms. The number of carbonyl (C=O) groups excluding carboxylic acids is 1. The topological polar surface area (TPSA) is 92.3 Å². The third-order valence-electron chi connectivity index (χ3n) is 5.15. The maximum Gasteiger partial charge on any atom is 0.228 e. The largest absolute Gasteiger partial charge is 0.481 e. The second kappa shape index (κ2) is 9.50. The summed E-state index contributed by atoms with van der Waals surface area (Å²) < 4.78 is 5.42. The van der Waals surface area contributed by atoms with Gasteiger partial charge in [-0.15, -0.1) is 0 Å². The number of methoxy groups -OCH3 is 1. The van der Waals surface area contributed by atoms with Gasteiger partial charge in [0.05, 0.1) is 36.8 Å². The number of amides is 1. The quantitative estimate of drug-likeness (QED) is 0.561. The third-order valence-corrected chi connectivity index (χ3v) is 5.39. The van der Waals surface area contributed by atoms with Crippen LogP contribution in [-0.4, -0.2) is 53.5 Å². The number of rotatable bonds is 7. The number of halogens is 1. The van der Waals surface area contributed by atoms with Crippen LogP contribution >= 0.6 is 11.6 Å². The van der Waals surface area contributed by atoms with E-state index in [1.54, 1.807) is 31.6 Å². The normalized spacial score (nSPS) is 12.6. The molecule has 0 fully saturated rings. The Kier molecular flexibility index (Phi) is 6.53. The minimum atomic E-state index is -0.127. The molecule has 4 rings (SSSR count). The van der Waals surface area contributed by atoms with E-state index in [4.69, 9.17) is 21.3 Å². The zero-order valence-corrected chi connectivity index (χ0v) is 19.0. The van der Waals surface area contributed by atoms with Crippen LogP contribution in [0.15, 0.2) is 36.7 Å². The third kappa shape index (κ3) is 4.98. The molecule has 1 aromatic carbocycles. The van der Waals surface area contributed by atoms with Gasteiger partial charge in [0.2, 0.25) is 17.7 Å². The van der Waals surface area contributed by atoms with Gasteiger partial charge in [-0.3, -0.25) is 4.79 Å². The Labute approximate surface area is 192 Å². The van der Waals surface area contributed by atoms with Crippen molar-refractivity contribution in [2.45, 2.75) is 19.3 Å². The molecule has 1 amide bonds. The first kappa shape index (κ1) is 22.0. The minimum Gasteiger partial charge on any atom is -0.481 e. The molecule has 0 spiro atoms. The lowest BCUT2D eigenvalue weighted by molar-refractivity contribution is -0.115. The van der Waals surface area contributed by atoms with Crippen molar-refractivity contribution in [1.82, 2.24) is 19.9 Å². The zero-order valence-electron chi connectivity index (χ0n) is 18.3. The van der Waals surface area contributed by atoms with Gasteiger partial charge >= 0.3 is 0 Å². The standard InChI is InChI=1S/C23H25ClN6O2/c1-30(2)8-4-5-14-9-17(13-25-22(14)32-3)27-23-26-12-15-10-20(31)28-19-11-16(24)6-7-18(19)21(15)29-23/h6-7,9,11-13H,4-5,8,10H2,1-3H3,(H,28,31)(H,26,27,29). The van der Waals surface area contributed by atoms with Crippen LogP contribution in [0.2, 0.25) is 5.02 Å². The molecule has 166 valence electrons. The van der Waals surface area contributed by atoms with Gasteiger partial charge in [-0.1, -0.05) is 11.6 Å². The number of nitrogens with zero attached hydrogens (tertiary/aromatic N) is 4. The Bertz CT molecular complexity index is 1150. The van der Waals surface area contributed by atoms with Crippen molar-refractivity contribution in [1.29, 1.82) is 0 Å². The first-order valence-corrected chi connectivity index (χ1v) is 10.7. The molecule has 0 atom stereocenters. The summed E-state index contributed by atoms with van der Waals surface area (Å²) in [5.74, 6) is 0.913. The molecule has 8 nitrogen and oxygen atoms in total. The molecular formula is C23H25ClN6O2. The molecule has 0 radical (unpaired) electrons. The number of nitrogens with one attached hydrogen (secondary N) is 2. The van der Waals surface area contributed by atoms with Crippen LogP contribution in [0.5, 0.6) is 5.88 Å². The Morgan fingerprint density at radius 3 is 2.84 bits per heavy atom. The van der Waals surface area contributed by atoms with Crippen LogP contribution in [0.25, 0.3) is 11.3 Å². The first-order chi connectivity index (χ1) is 15.4. The Morgan fingerprint density at radius 1 is 1.22 bits per heavy atom. The highest BCUT2D eigenvalue weighted by molar-refractivity contribution is 6.31. The minimum absolute atomic E-state index is 0.127. The van der Waals surface area contributed by atoms with Gasteiger partial charge in [-0.25, -0.2) is 15.0 Å². The van der Waals surface area contributed by atoms with Crippen molar-refractivity contribution in [3.63, 3.8) is 0 Å². The van der Waals surface area contributed by atoms with E-state index in [2.05, 4.69) is 39.6 Å². The number of anilines is 3. The maximum absolute atomic E-state index is 12.3. The summed E-state index contributed by atoms with van der Waals surface area (Å²) in [5, 5.41) is 6.67. The van der Waals surface area contributed by atoms with Gasteiger partial charge in [-0.2, -0.15) is 0 Å². The van der Waals surface area contributed by atoms with E-state index in [-0.39, 0.29) is 12.3 Å². The molecule has 0 saturated carbocycles. The number of aryl methyl sites for hydroxylation is 1. The molecule has 3 aromatic rings. The van der Waals surface area contributed by atoms with Gasteiger partial charge in [0.1, 0.15) is 0 Å². The van der Waals surface area contributed by atoms with E-state index >= 15 is 0 Å². The number of pyridine rings is 1. The lowest BCUT2D eigenvalue weighted by Crippen LogP contribution is -2.13. The van der Waals surface area contributed by atoms with Gasteiger partial charge in [-0.05, 0) is 57.7 Å². The van der Waals surface area contributed by atoms with Gasteiger partial charge in [0, 0.05) is 27.9 Å². The zero-order chi connectivity index (χ0) is 22.7. The van der Waals surface area contributed by atoms with Gasteiger partial charge < -0.3 is 20.3 Å². The van der Waals surface area contributed by atoms with Crippen LogP contribution in [0.4, 0.5) is 17.3 Å². The Morgan fingerprint density at radius 2 is 2.06 bits per heavy atom. The second-order valence-corrected chi connectivity index (χ2v) is 8.34. The van der Waals surface area contributed by atoms with Gasteiger partial charge in [0.25, 0.3) is 0 Å². The van der Waals surface area contributed by atoms with Crippen LogP contribution in [0, 0.1) is 0 Å². The molecule has 2 aromatic heterocycles. The Hall–Kier alpha value is -3.23. The van der Waals surface area contributed by atoms with Crippen molar-refractivity contribution in [3.05, 3.63) is 52.8 Å². The van der Waals surface area contributed by atoms with Crippen molar-refractivity contribution in [2.75, 3.05) is 38.4 Å². The summed E-state index contributed by atoms with van der Waals surface area (Å²) in [6.45, 7) is 0.977. The summed E-state index contributed by atoms with van der Waals surface area (Å²) in [4.78, 5) is 28.0. The summed E-state index contributed by atoms with van der Waals surface area (Å²) in [5.41, 5.74) is 4.68. The van der Waals surface area contributed by atoms with Crippen LogP contribution in [-0.2, 0) is 17.6 Å². The van der Waals surface area contributed by atoms with Crippen LogP contribution < -0.4 is 15.4 Å². The van der Waals surface area contributed by atoms with Crippen molar-refractivity contribution in [3.8, 4) is 17.1 Å². The fourth-order valence-corrected chi connectivity index (χ4v) is 3.84. The van der Waals surface area contributed by atoms with Crippen molar-refractivity contribution in [2.24, 2.45) is 0 Å². The number of carbonyl (C=O) groups is 1. The van der Waals surface area contributed by atoms with Crippen LogP contribution in [0.3, 0.4) is 0 Å². The first-order valence-electron chi connectivity index (χ1n) is 10.3. The monoisotopic (exact) mass is 452 g/mol. The van der Waals surface area contributed by atoms with Crippen molar-refractivity contribution < 1.29 is 9.53 Å². The predicted molar refractivity (Wildman–Crippen MR) is 126 cm³/mol. The Balaban J connectivity index is 1.63. The molecule has 0 aliphatic carbocycles. The molecule has 32 heavy (non-hydrogen) atoms. The van der Waals surface area contributed by atoms with E-state index in [1.165, 1.54) is 0 Å². The average molecular weight is 453 g/mol. The molecule has 0 bridgehead atoms. The number of aromatic nitrogens is 3. The molecule has 1 aliphatic rings. The number of ether oxygens (including phenoxy) is 1. The summed E-state index contributed by atoms with van der Waals surface area (Å²) >= 11 is 6.12. The molecule has 2 N–H and O–H groups in total. The van der Waals surface area contributed by atoms with Crippen molar-refractivity contribution >= 4 is 34.8 Å². The highest BCUT2D eigenvalue weighted by atomic mass is 35.5. The molecular weight excluding hydrogens is 428 g/mol. The lowest BCUT2D eigenvalue weighted by Gasteiger charge is -2.13. The average Bonchev–Trinajstić information content (AvgIpc) is 2.88. The molecule has 0 saturated heterocycles. The number of benzene rings is 1. The molecule has 3 heterocycles. The fraction of sp³-hybridized carbons (Fsp3) is 0.304. The predicted octanol–water partition coefficient (Wildman–Crippen LogP) is 3.93.